The molecule has 0 N–H and O–H groups in total. The molecule has 0 bridgehead atoms. The van der Waals surface area contributed by atoms with Gasteiger partial charge in [0, 0.05) is 14.1 Å². The smallest absolute Gasteiger partial charge is 0.127 e. The average molecular weight is 202 g/mol. The van der Waals surface area contributed by atoms with Crippen LogP contribution in [0.5, 0.6) is 0 Å². The number of rotatable bonds is 4. The molecule has 0 aliphatic carbocycles. The van der Waals surface area contributed by atoms with Gasteiger partial charge in [0.25, 0.3) is 0 Å². The van der Waals surface area contributed by atoms with Crippen molar-refractivity contribution >= 4 is 21.9 Å². The number of carbonyl (C=O) groups excluding carboxylic acids is 1. The van der Waals surface area contributed by atoms with Crippen LogP contribution < -0.4 is 0 Å². The van der Waals surface area contributed by atoms with Crippen molar-refractivity contribution in [3.8, 4) is 0 Å². The fourth-order valence-corrected chi connectivity index (χ4v) is 15.5. The van der Waals surface area contributed by atoms with Crippen LogP contribution >= 0.6 is 0 Å². The molecule has 12 heavy (non-hydrogen) atoms. The van der Waals surface area contributed by atoms with Crippen LogP contribution in [-0.2, 0) is 4.79 Å². The SMILES string of the molecule is CC(=O)C[Si](C)(C)C[Si](C)(C)C. The molecule has 0 atom stereocenters. The summed E-state index contributed by atoms with van der Waals surface area (Å²) in [7, 11) is -2.14. The van der Waals surface area contributed by atoms with E-state index in [4.69, 9.17) is 0 Å². The summed E-state index contributed by atoms with van der Waals surface area (Å²) in [5.74, 6) is 0.380. The van der Waals surface area contributed by atoms with Crippen molar-refractivity contribution in [2.24, 2.45) is 0 Å². The molecule has 0 saturated carbocycles. The zero-order valence-electron chi connectivity index (χ0n) is 9.32. The van der Waals surface area contributed by atoms with Crippen molar-refractivity contribution in [3.05, 3.63) is 0 Å². The van der Waals surface area contributed by atoms with E-state index in [-0.39, 0.29) is 0 Å². The van der Waals surface area contributed by atoms with Gasteiger partial charge in [-0.3, -0.25) is 0 Å². The van der Waals surface area contributed by atoms with Crippen molar-refractivity contribution in [2.75, 3.05) is 0 Å². The normalized spacial score (nSPS) is 13.2. The molecule has 0 spiro atoms. The van der Waals surface area contributed by atoms with Crippen molar-refractivity contribution in [3.63, 3.8) is 0 Å². The Morgan fingerprint density at radius 1 is 1.08 bits per heavy atom. The van der Waals surface area contributed by atoms with Crippen LogP contribution in [0.25, 0.3) is 0 Å². The average Bonchev–Trinajstić information content (AvgIpc) is 1.48. The quantitative estimate of drug-likeness (QED) is 0.640. The summed E-state index contributed by atoms with van der Waals surface area (Å²) in [6.45, 7) is 13.6. The molecule has 0 rings (SSSR count). The first-order chi connectivity index (χ1) is 5.12. The predicted octanol–water partition coefficient (Wildman–Crippen LogP) is 3.16. The first-order valence-electron chi connectivity index (χ1n) is 4.62. The maximum Gasteiger partial charge on any atom is 0.127 e. The van der Waals surface area contributed by atoms with Gasteiger partial charge in [-0.15, -0.1) is 0 Å². The van der Waals surface area contributed by atoms with Gasteiger partial charge in [-0.1, -0.05) is 38.4 Å². The predicted molar refractivity (Wildman–Crippen MR) is 61.1 cm³/mol. The van der Waals surface area contributed by atoms with E-state index in [1.165, 1.54) is 5.67 Å². The monoisotopic (exact) mass is 202 g/mol. The maximum absolute atomic E-state index is 11.0. The Balaban J connectivity index is 4.13. The summed E-state index contributed by atoms with van der Waals surface area (Å²) in [4.78, 5) is 11.0. The van der Waals surface area contributed by atoms with E-state index in [0.717, 1.165) is 6.04 Å². The molecule has 0 aliphatic rings. The second-order valence-corrected chi connectivity index (χ2v) is 17.0. The minimum atomic E-state index is -1.19. The molecule has 72 valence electrons. The van der Waals surface area contributed by atoms with Crippen LogP contribution in [0.4, 0.5) is 0 Å². The Kier molecular flexibility index (Phi) is 3.91. The van der Waals surface area contributed by atoms with E-state index in [9.17, 15) is 4.79 Å². The van der Waals surface area contributed by atoms with E-state index >= 15 is 0 Å². The van der Waals surface area contributed by atoms with Gasteiger partial charge in [-0.2, -0.15) is 0 Å². The molecule has 1 nitrogen and oxygen atoms in total. The molecular formula is C9H22OSi2. The van der Waals surface area contributed by atoms with Crippen molar-refractivity contribution < 1.29 is 4.79 Å². The fourth-order valence-electron chi connectivity index (χ4n) is 2.17. The van der Waals surface area contributed by atoms with Crippen LogP contribution in [0.3, 0.4) is 0 Å². The Morgan fingerprint density at radius 3 is 1.75 bits per heavy atom. The molecule has 3 heteroatoms. The summed E-state index contributed by atoms with van der Waals surface area (Å²) >= 11 is 0. The van der Waals surface area contributed by atoms with Crippen molar-refractivity contribution in [1.29, 1.82) is 0 Å². The minimum absolute atomic E-state index is 0.380. The van der Waals surface area contributed by atoms with Gasteiger partial charge in [-0.05, 0) is 6.92 Å². The molecule has 0 fully saturated rings. The van der Waals surface area contributed by atoms with Gasteiger partial charge >= 0.3 is 0 Å². The van der Waals surface area contributed by atoms with Crippen molar-refractivity contribution in [1.82, 2.24) is 0 Å². The molecule has 0 aromatic rings. The molecule has 0 aromatic heterocycles. The summed E-state index contributed by atoms with van der Waals surface area (Å²) in [6, 6.07) is 0.872. The Hall–Kier alpha value is 0.104. The minimum Gasteiger partial charge on any atom is -0.300 e. The highest BCUT2D eigenvalue weighted by Crippen LogP contribution is 2.23. The van der Waals surface area contributed by atoms with E-state index in [2.05, 4.69) is 32.7 Å². The Morgan fingerprint density at radius 2 is 1.50 bits per heavy atom. The van der Waals surface area contributed by atoms with Gasteiger partial charge < -0.3 is 4.79 Å². The molecular weight excluding hydrogens is 180 g/mol. The molecule has 0 aliphatic heterocycles. The van der Waals surface area contributed by atoms with Crippen LogP contribution in [0.15, 0.2) is 0 Å². The molecule has 0 aromatic carbocycles. The van der Waals surface area contributed by atoms with Crippen LogP contribution in [0.2, 0.25) is 44.4 Å². The lowest BCUT2D eigenvalue weighted by molar-refractivity contribution is -0.115. The van der Waals surface area contributed by atoms with Gasteiger partial charge in [-0.25, -0.2) is 0 Å². The zero-order valence-corrected chi connectivity index (χ0v) is 11.3. The lowest BCUT2D eigenvalue weighted by Gasteiger charge is -2.28. The van der Waals surface area contributed by atoms with Crippen molar-refractivity contribution in [2.45, 2.75) is 51.4 Å². The molecule has 0 heterocycles. The summed E-state index contributed by atoms with van der Waals surface area (Å²) in [6.07, 6.45) is 0. The topological polar surface area (TPSA) is 17.1 Å². The lowest BCUT2D eigenvalue weighted by atomic mass is 10.5. The highest BCUT2D eigenvalue weighted by Gasteiger charge is 2.29. The first-order valence-corrected chi connectivity index (χ1v) is 11.7. The highest BCUT2D eigenvalue weighted by molar-refractivity contribution is 6.95. The Bertz CT molecular complexity index is 168. The Labute approximate surface area is 78.6 Å². The molecule has 0 amide bonds. The first kappa shape index (κ1) is 12.1. The standard InChI is InChI=1S/C9H22OSi2/c1-9(10)7-12(5,6)8-11(2,3)4/h7-8H2,1-6H3. The molecule has 0 radical (unpaired) electrons. The van der Waals surface area contributed by atoms with Gasteiger partial charge in [0.15, 0.2) is 0 Å². The summed E-state index contributed by atoms with van der Waals surface area (Å²) in [5, 5.41) is 0. The van der Waals surface area contributed by atoms with E-state index < -0.39 is 16.1 Å². The zero-order chi connectivity index (χ0) is 9.99. The number of carbonyl (C=O) groups is 1. The van der Waals surface area contributed by atoms with Gasteiger partial charge in [0.05, 0.1) is 8.07 Å². The third kappa shape index (κ3) is 6.79. The van der Waals surface area contributed by atoms with Gasteiger partial charge in [0.1, 0.15) is 5.78 Å². The number of hydrogen-bond donors (Lipinski definition) is 0. The molecule has 0 saturated heterocycles. The third-order valence-corrected chi connectivity index (χ3v) is 11.3. The van der Waals surface area contributed by atoms with Gasteiger partial charge in [0.2, 0.25) is 0 Å². The number of Topliss-reactive ketones (excluding diaryl/α,β-unsaturated/α-hetero) is 1. The van der Waals surface area contributed by atoms with E-state index in [1.807, 2.05) is 0 Å². The third-order valence-electron chi connectivity index (χ3n) is 1.74. The summed E-state index contributed by atoms with van der Waals surface area (Å²) < 4.78 is 0. The maximum atomic E-state index is 11.0. The number of ketones is 1. The molecule has 0 unspecified atom stereocenters. The highest BCUT2D eigenvalue weighted by atomic mass is 28.4. The lowest BCUT2D eigenvalue weighted by Crippen LogP contribution is -2.38. The van der Waals surface area contributed by atoms with Crippen LogP contribution in [-0.4, -0.2) is 21.9 Å². The van der Waals surface area contributed by atoms with Crippen LogP contribution in [0.1, 0.15) is 6.92 Å². The number of hydrogen-bond acceptors (Lipinski definition) is 1. The summed E-state index contributed by atoms with van der Waals surface area (Å²) in [5.41, 5.74) is 1.37. The van der Waals surface area contributed by atoms with E-state index in [0.29, 0.717) is 5.78 Å². The van der Waals surface area contributed by atoms with E-state index in [1.54, 1.807) is 6.92 Å². The second kappa shape index (κ2) is 3.87. The second-order valence-electron chi connectivity index (χ2n) is 5.78. The van der Waals surface area contributed by atoms with Crippen LogP contribution in [0, 0.1) is 0 Å². The fraction of sp³-hybridized carbons (Fsp3) is 0.889. The largest absolute Gasteiger partial charge is 0.300 e.